The summed E-state index contributed by atoms with van der Waals surface area (Å²) in [5.41, 5.74) is 1.52. The second kappa shape index (κ2) is 10.9. The van der Waals surface area contributed by atoms with E-state index >= 15 is 0 Å². The van der Waals surface area contributed by atoms with Crippen LogP contribution in [0, 0.1) is 0 Å². The van der Waals surface area contributed by atoms with E-state index in [2.05, 4.69) is 11.9 Å². The number of aliphatic hydroxyl groups is 1. The summed E-state index contributed by atoms with van der Waals surface area (Å²) in [6, 6.07) is 9.95. The van der Waals surface area contributed by atoms with Crippen molar-refractivity contribution in [2.45, 2.75) is 70.6 Å². The normalized spacial score (nSPS) is 18.3. The Morgan fingerprint density at radius 1 is 1.04 bits per heavy atom. The van der Waals surface area contributed by atoms with Crippen molar-refractivity contribution in [3.8, 4) is 0 Å². The number of ketones is 1. The zero-order chi connectivity index (χ0) is 17.9. The van der Waals surface area contributed by atoms with Gasteiger partial charge in [0.25, 0.3) is 0 Å². The fourth-order valence-corrected chi connectivity index (χ4v) is 3.33. The Morgan fingerprint density at radius 2 is 1.72 bits per heavy atom. The smallest absolute Gasteiger partial charge is 0.168 e. The zero-order valence-electron chi connectivity index (χ0n) is 15.4. The number of rotatable bonds is 10. The van der Waals surface area contributed by atoms with Gasteiger partial charge in [0, 0.05) is 25.6 Å². The van der Waals surface area contributed by atoms with Crippen molar-refractivity contribution in [3.63, 3.8) is 0 Å². The van der Waals surface area contributed by atoms with Crippen LogP contribution < -0.4 is 0 Å². The predicted octanol–water partition coefficient (Wildman–Crippen LogP) is 5.77. The summed E-state index contributed by atoms with van der Waals surface area (Å²) >= 11 is 0. The summed E-state index contributed by atoms with van der Waals surface area (Å²) in [5, 5.41) is 10.3. The first-order valence-corrected chi connectivity index (χ1v) is 9.72. The van der Waals surface area contributed by atoms with Crippen molar-refractivity contribution >= 4 is 12.0 Å². The maximum Gasteiger partial charge on any atom is 0.168 e. The van der Waals surface area contributed by atoms with Gasteiger partial charge in [-0.2, -0.15) is 0 Å². The van der Waals surface area contributed by atoms with Crippen LogP contribution in [0.1, 0.15) is 76.2 Å². The number of benzene rings is 1. The van der Waals surface area contributed by atoms with Gasteiger partial charge in [-0.05, 0) is 17.9 Å². The lowest BCUT2D eigenvalue weighted by molar-refractivity contribution is -0.116. The zero-order valence-corrected chi connectivity index (χ0v) is 15.4. The molecular weight excluding hydrogens is 310 g/mol. The van der Waals surface area contributed by atoms with Crippen LogP contribution in [0.25, 0.3) is 0 Å². The molecule has 1 aromatic rings. The topological polar surface area (TPSA) is 49.7 Å². The van der Waals surface area contributed by atoms with Gasteiger partial charge in [-0.1, -0.05) is 75.8 Å². The number of carbonyl (C=O) groups excluding carboxylic acids is 1. The highest BCUT2D eigenvalue weighted by molar-refractivity contribution is 6.14. The van der Waals surface area contributed by atoms with Gasteiger partial charge in [-0.3, -0.25) is 9.79 Å². The lowest BCUT2D eigenvalue weighted by Gasteiger charge is -2.22. The molecule has 0 bridgehead atoms. The van der Waals surface area contributed by atoms with Crippen LogP contribution in [0.3, 0.4) is 0 Å². The molecule has 0 spiro atoms. The first-order valence-electron chi connectivity index (χ1n) is 9.72. The molecule has 1 unspecified atom stereocenters. The van der Waals surface area contributed by atoms with Crippen molar-refractivity contribution in [1.82, 2.24) is 0 Å². The largest absolute Gasteiger partial charge is 0.511 e. The van der Waals surface area contributed by atoms with Gasteiger partial charge < -0.3 is 5.11 Å². The molecule has 0 radical (unpaired) electrons. The molecule has 0 saturated carbocycles. The fraction of sp³-hybridized carbons (Fsp3) is 0.545. The average Bonchev–Trinajstić information content (AvgIpc) is 2.62. The Kier molecular flexibility index (Phi) is 8.44. The fourth-order valence-electron chi connectivity index (χ4n) is 3.33. The van der Waals surface area contributed by atoms with Crippen molar-refractivity contribution in [3.05, 3.63) is 47.2 Å². The molecule has 3 heteroatoms. The number of nitrogens with zero attached hydrogens (tertiary/aromatic N) is 1. The van der Waals surface area contributed by atoms with Gasteiger partial charge in [-0.25, -0.2) is 0 Å². The molecule has 1 aromatic carbocycles. The molecule has 0 aromatic heterocycles. The first kappa shape index (κ1) is 19.4. The summed E-state index contributed by atoms with van der Waals surface area (Å²) in [5.74, 6) is 0.267. The highest BCUT2D eigenvalue weighted by Gasteiger charge is 2.27. The first-order chi connectivity index (χ1) is 12.2. The minimum Gasteiger partial charge on any atom is -0.511 e. The van der Waals surface area contributed by atoms with E-state index in [1.54, 1.807) is 6.21 Å². The van der Waals surface area contributed by atoms with Crippen LogP contribution in [0.5, 0.6) is 0 Å². The van der Waals surface area contributed by atoms with E-state index in [-0.39, 0.29) is 17.5 Å². The van der Waals surface area contributed by atoms with Crippen LogP contribution in [0.15, 0.2) is 46.7 Å². The summed E-state index contributed by atoms with van der Waals surface area (Å²) in [6.45, 7) is 2.97. The van der Waals surface area contributed by atoms with Gasteiger partial charge >= 0.3 is 0 Å². The van der Waals surface area contributed by atoms with Crippen molar-refractivity contribution in [2.75, 3.05) is 6.54 Å². The van der Waals surface area contributed by atoms with Gasteiger partial charge in [-0.15, -0.1) is 0 Å². The van der Waals surface area contributed by atoms with Gasteiger partial charge in [0.1, 0.15) is 5.76 Å². The monoisotopic (exact) mass is 341 g/mol. The molecular formula is C22H31NO2. The summed E-state index contributed by atoms with van der Waals surface area (Å²) in [7, 11) is 0. The number of aliphatic hydroxyl groups excluding tert-OH is 1. The van der Waals surface area contributed by atoms with Gasteiger partial charge in [0.2, 0.25) is 0 Å². The Hall–Kier alpha value is -1.90. The quantitative estimate of drug-likeness (QED) is 0.434. The Bertz CT molecular complexity index is 589. The number of hydrogen-bond donors (Lipinski definition) is 1. The summed E-state index contributed by atoms with van der Waals surface area (Å²) in [6.07, 6.45) is 11.3. The van der Waals surface area contributed by atoms with Crippen molar-refractivity contribution < 1.29 is 9.90 Å². The Morgan fingerprint density at radius 3 is 2.40 bits per heavy atom. The van der Waals surface area contributed by atoms with E-state index in [9.17, 15) is 9.90 Å². The standard InChI is InChI=1S/C22H31NO2/c1-2-3-4-5-6-7-11-14-23-17-20-21(24)15-19(16-22(20)25)18-12-9-8-10-13-18/h8-10,12-13,17,19,24H,2-7,11,14-16H2,1H3. The molecule has 1 aliphatic rings. The molecule has 1 aliphatic carbocycles. The van der Waals surface area contributed by atoms with Crippen molar-refractivity contribution in [2.24, 2.45) is 4.99 Å². The average molecular weight is 341 g/mol. The van der Waals surface area contributed by atoms with Crippen molar-refractivity contribution in [1.29, 1.82) is 0 Å². The van der Waals surface area contributed by atoms with E-state index < -0.39 is 0 Å². The Labute approximate surface area is 151 Å². The third-order valence-corrected chi connectivity index (χ3v) is 4.86. The Balaban J connectivity index is 1.76. The number of Topliss-reactive ketones (excluding diaryl/α,β-unsaturated/α-hetero) is 1. The maximum absolute atomic E-state index is 12.3. The van der Waals surface area contributed by atoms with Crippen LogP contribution in [-0.4, -0.2) is 23.6 Å². The molecule has 1 N–H and O–H groups in total. The molecule has 0 saturated heterocycles. The second-order valence-electron chi connectivity index (χ2n) is 6.96. The molecule has 0 fully saturated rings. The minimum absolute atomic E-state index is 0.000851. The van der Waals surface area contributed by atoms with E-state index in [0.717, 1.165) is 18.5 Å². The third-order valence-electron chi connectivity index (χ3n) is 4.86. The maximum atomic E-state index is 12.3. The van der Waals surface area contributed by atoms with Crippen LogP contribution >= 0.6 is 0 Å². The minimum atomic E-state index is 0.000851. The second-order valence-corrected chi connectivity index (χ2v) is 6.96. The molecule has 25 heavy (non-hydrogen) atoms. The highest BCUT2D eigenvalue weighted by Crippen LogP contribution is 2.32. The number of hydrogen-bond acceptors (Lipinski definition) is 3. The van der Waals surface area contributed by atoms with E-state index in [1.165, 1.54) is 38.5 Å². The number of carbonyl (C=O) groups is 1. The highest BCUT2D eigenvalue weighted by atomic mass is 16.3. The van der Waals surface area contributed by atoms with E-state index in [4.69, 9.17) is 0 Å². The molecule has 0 aliphatic heterocycles. The van der Waals surface area contributed by atoms with E-state index in [1.807, 2.05) is 30.3 Å². The predicted molar refractivity (Wildman–Crippen MR) is 104 cm³/mol. The SMILES string of the molecule is CCCCCCCCCN=CC1=C(O)CC(c2ccccc2)CC1=O. The molecule has 3 nitrogen and oxygen atoms in total. The molecule has 2 rings (SSSR count). The molecule has 1 atom stereocenters. The third kappa shape index (κ3) is 6.49. The van der Waals surface area contributed by atoms with E-state index in [0.29, 0.717) is 18.4 Å². The molecule has 136 valence electrons. The van der Waals surface area contributed by atoms with Gasteiger partial charge in [0.05, 0.1) is 5.57 Å². The molecule has 0 amide bonds. The van der Waals surface area contributed by atoms with Gasteiger partial charge in [0.15, 0.2) is 5.78 Å². The summed E-state index contributed by atoms with van der Waals surface area (Å²) in [4.78, 5) is 16.7. The number of aliphatic imine (C=N–C) groups is 1. The lowest BCUT2D eigenvalue weighted by atomic mass is 9.83. The van der Waals surface area contributed by atoms with Crippen LogP contribution in [0.2, 0.25) is 0 Å². The molecule has 0 heterocycles. The number of allylic oxidation sites excluding steroid dienone is 2. The number of unbranched alkanes of at least 4 members (excludes halogenated alkanes) is 6. The van der Waals surface area contributed by atoms with Crippen LogP contribution in [0.4, 0.5) is 0 Å². The lowest BCUT2D eigenvalue weighted by Crippen LogP contribution is -2.19. The van der Waals surface area contributed by atoms with Crippen LogP contribution in [-0.2, 0) is 4.79 Å². The summed E-state index contributed by atoms with van der Waals surface area (Å²) < 4.78 is 0.